The van der Waals surface area contributed by atoms with E-state index in [2.05, 4.69) is 28.2 Å². The van der Waals surface area contributed by atoms with Crippen LogP contribution in [0.3, 0.4) is 0 Å². The van der Waals surface area contributed by atoms with E-state index < -0.39 is 0 Å². The summed E-state index contributed by atoms with van der Waals surface area (Å²) in [5.74, 6) is 0.364. The lowest BCUT2D eigenvalue weighted by Gasteiger charge is -2.19. The number of hydrogen-bond donors (Lipinski definition) is 1. The van der Waals surface area contributed by atoms with E-state index in [0.29, 0.717) is 23.0 Å². The fourth-order valence-electron chi connectivity index (χ4n) is 2.07. The second kappa shape index (κ2) is 5.94. The van der Waals surface area contributed by atoms with Gasteiger partial charge in [-0.15, -0.1) is 0 Å². The summed E-state index contributed by atoms with van der Waals surface area (Å²) < 4.78 is 19.2. The third-order valence-corrected chi connectivity index (χ3v) is 4.21. The highest BCUT2D eigenvalue weighted by atomic mass is 79.9. The maximum atomic E-state index is 13.3. The van der Waals surface area contributed by atoms with Crippen LogP contribution in [0.15, 0.2) is 22.7 Å². The van der Waals surface area contributed by atoms with E-state index in [4.69, 9.17) is 4.74 Å². The Balaban J connectivity index is 1.90. The van der Waals surface area contributed by atoms with Crippen molar-refractivity contribution in [2.24, 2.45) is 5.92 Å². The maximum absolute atomic E-state index is 13.3. The molecule has 0 bridgehead atoms. The first kappa shape index (κ1) is 13.0. The van der Waals surface area contributed by atoms with Crippen molar-refractivity contribution in [1.29, 1.82) is 0 Å². The molecule has 1 fully saturated rings. The molecule has 2 atom stereocenters. The van der Waals surface area contributed by atoms with Gasteiger partial charge in [0, 0.05) is 19.2 Å². The molecular weight excluding hydrogens is 285 g/mol. The van der Waals surface area contributed by atoms with Crippen molar-refractivity contribution in [2.75, 3.05) is 13.2 Å². The number of halogens is 2. The summed E-state index contributed by atoms with van der Waals surface area (Å²) >= 11 is 3.27. The van der Waals surface area contributed by atoms with Gasteiger partial charge in [-0.05, 0) is 46.8 Å². The average Bonchev–Trinajstić information content (AvgIpc) is 2.84. The highest BCUT2D eigenvalue weighted by Gasteiger charge is 2.21. The second-order valence-electron chi connectivity index (χ2n) is 4.51. The quantitative estimate of drug-likeness (QED) is 0.923. The molecule has 1 heterocycles. The topological polar surface area (TPSA) is 21.3 Å². The summed E-state index contributed by atoms with van der Waals surface area (Å²) in [6, 6.07) is 5.52. The number of hydrogen-bond acceptors (Lipinski definition) is 2. The van der Waals surface area contributed by atoms with Gasteiger partial charge in [0.1, 0.15) is 5.82 Å². The Hall–Kier alpha value is -0.450. The molecule has 4 heteroatoms. The van der Waals surface area contributed by atoms with Crippen LogP contribution in [-0.2, 0) is 11.3 Å². The molecule has 17 heavy (non-hydrogen) atoms. The molecule has 0 radical (unpaired) electrons. The smallest absolute Gasteiger partial charge is 0.137 e. The van der Waals surface area contributed by atoms with Crippen molar-refractivity contribution < 1.29 is 9.13 Å². The molecule has 0 saturated carbocycles. The van der Waals surface area contributed by atoms with Crippen molar-refractivity contribution in [3.05, 3.63) is 34.1 Å². The fraction of sp³-hybridized carbons (Fsp3) is 0.538. The molecule has 2 unspecified atom stereocenters. The molecule has 2 rings (SSSR count). The monoisotopic (exact) mass is 301 g/mol. The van der Waals surface area contributed by atoms with E-state index in [0.717, 1.165) is 25.2 Å². The summed E-state index contributed by atoms with van der Waals surface area (Å²) in [5.41, 5.74) is 0.954. The minimum absolute atomic E-state index is 0.207. The third kappa shape index (κ3) is 3.27. The first-order valence-electron chi connectivity index (χ1n) is 5.92. The highest BCUT2D eigenvalue weighted by molar-refractivity contribution is 9.10. The number of nitrogens with one attached hydrogen (secondary N) is 1. The molecule has 1 aromatic carbocycles. The summed E-state index contributed by atoms with van der Waals surface area (Å²) in [5, 5.41) is 3.43. The minimum atomic E-state index is -0.207. The lowest BCUT2D eigenvalue weighted by Crippen LogP contribution is -2.33. The highest BCUT2D eigenvalue weighted by Crippen LogP contribution is 2.21. The van der Waals surface area contributed by atoms with Crippen LogP contribution < -0.4 is 5.32 Å². The standard InChI is InChI=1S/C13H17BrFNO/c1-9(11-5-6-17-8-11)16-7-10-3-2-4-12(15)13(10)14/h2-4,9,11,16H,5-8H2,1H3. The van der Waals surface area contributed by atoms with Crippen LogP contribution in [0, 0.1) is 11.7 Å². The summed E-state index contributed by atoms with van der Waals surface area (Å²) in [6.07, 6.45) is 1.11. The number of ether oxygens (including phenoxy) is 1. The number of rotatable bonds is 4. The van der Waals surface area contributed by atoms with Gasteiger partial charge in [0.15, 0.2) is 0 Å². The molecule has 94 valence electrons. The van der Waals surface area contributed by atoms with Crippen molar-refractivity contribution in [2.45, 2.75) is 25.9 Å². The molecule has 1 aliphatic heterocycles. The van der Waals surface area contributed by atoms with Gasteiger partial charge in [0.2, 0.25) is 0 Å². The third-order valence-electron chi connectivity index (χ3n) is 3.32. The summed E-state index contributed by atoms with van der Waals surface area (Å²) in [4.78, 5) is 0. The second-order valence-corrected chi connectivity index (χ2v) is 5.30. The van der Waals surface area contributed by atoms with Crippen LogP contribution in [-0.4, -0.2) is 19.3 Å². The normalized spacial score (nSPS) is 21.7. The molecule has 0 aliphatic carbocycles. The number of benzene rings is 1. The maximum Gasteiger partial charge on any atom is 0.137 e. The molecule has 0 amide bonds. The van der Waals surface area contributed by atoms with Gasteiger partial charge in [-0.25, -0.2) is 4.39 Å². The van der Waals surface area contributed by atoms with Crippen LogP contribution in [0.25, 0.3) is 0 Å². The van der Waals surface area contributed by atoms with E-state index in [9.17, 15) is 4.39 Å². The molecule has 0 aromatic heterocycles. The van der Waals surface area contributed by atoms with Crippen molar-refractivity contribution >= 4 is 15.9 Å². The van der Waals surface area contributed by atoms with Gasteiger partial charge in [-0.2, -0.15) is 0 Å². The van der Waals surface area contributed by atoms with Crippen molar-refractivity contribution in [3.8, 4) is 0 Å². The lowest BCUT2D eigenvalue weighted by atomic mass is 10.0. The Kier molecular flexibility index (Phi) is 4.54. The van der Waals surface area contributed by atoms with Crippen LogP contribution in [0.5, 0.6) is 0 Å². The van der Waals surface area contributed by atoms with Crippen LogP contribution in [0.4, 0.5) is 4.39 Å². The lowest BCUT2D eigenvalue weighted by molar-refractivity contribution is 0.178. The van der Waals surface area contributed by atoms with Crippen LogP contribution >= 0.6 is 15.9 Å². The van der Waals surface area contributed by atoms with Crippen LogP contribution in [0.1, 0.15) is 18.9 Å². The Morgan fingerprint density at radius 1 is 1.59 bits per heavy atom. The van der Waals surface area contributed by atoms with Crippen molar-refractivity contribution in [3.63, 3.8) is 0 Å². The van der Waals surface area contributed by atoms with Gasteiger partial charge in [0.05, 0.1) is 11.1 Å². The zero-order chi connectivity index (χ0) is 12.3. The first-order chi connectivity index (χ1) is 8.18. The van der Waals surface area contributed by atoms with E-state index in [1.54, 1.807) is 6.07 Å². The summed E-state index contributed by atoms with van der Waals surface area (Å²) in [7, 11) is 0. The first-order valence-corrected chi connectivity index (χ1v) is 6.72. The zero-order valence-corrected chi connectivity index (χ0v) is 11.5. The molecule has 1 N–H and O–H groups in total. The molecule has 0 spiro atoms. The van der Waals surface area contributed by atoms with E-state index in [-0.39, 0.29) is 5.82 Å². The van der Waals surface area contributed by atoms with Crippen LogP contribution in [0.2, 0.25) is 0 Å². The van der Waals surface area contributed by atoms with Gasteiger partial charge >= 0.3 is 0 Å². The van der Waals surface area contributed by atoms with E-state index in [1.807, 2.05) is 6.07 Å². The van der Waals surface area contributed by atoms with Crippen molar-refractivity contribution in [1.82, 2.24) is 5.32 Å². The molecule has 1 aliphatic rings. The Morgan fingerprint density at radius 2 is 2.41 bits per heavy atom. The minimum Gasteiger partial charge on any atom is -0.381 e. The molecule has 1 aromatic rings. The molecule has 1 saturated heterocycles. The van der Waals surface area contributed by atoms with E-state index in [1.165, 1.54) is 6.07 Å². The Morgan fingerprint density at radius 3 is 3.12 bits per heavy atom. The average molecular weight is 302 g/mol. The van der Waals surface area contributed by atoms with Gasteiger partial charge < -0.3 is 10.1 Å². The SMILES string of the molecule is CC(NCc1cccc(F)c1Br)C1CCOC1. The fourth-order valence-corrected chi connectivity index (χ4v) is 2.47. The zero-order valence-electron chi connectivity index (χ0n) is 9.88. The Bertz CT molecular complexity index is 380. The van der Waals surface area contributed by atoms with Gasteiger partial charge in [-0.1, -0.05) is 12.1 Å². The largest absolute Gasteiger partial charge is 0.381 e. The molecular formula is C13H17BrFNO. The molecule has 2 nitrogen and oxygen atoms in total. The van der Waals surface area contributed by atoms with Gasteiger partial charge in [0.25, 0.3) is 0 Å². The summed E-state index contributed by atoms with van der Waals surface area (Å²) in [6.45, 7) is 4.53. The van der Waals surface area contributed by atoms with Gasteiger partial charge in [-0.3, -0.25) is 0 Å². The van der Waals surface area contributed by atoms with E-state index >= 15 is 0 Å². The predicted octanol–water partition coefficient (Wildman–Crippen LogP) is 3.10. The predicted molar refractivity (Wildman–Crippen MR) is 69.3 cm³/mol. The Labute approximate surface area is 110 Å².